The van der Waals surface area contributed by atoms with Gasteiger partial charge in [0.05, 0.1) is 13.5 Å². The van der Waals surface area contributed by atoms with E-state index in [1.165, 1.54) is 25.5 Å². The maximum Gasteiger partial charge on any atom is 0.306 e. The van der Waals surface area contributed by atoms with Crippen LogP contribution in [0.1, 0.15) is 12.0 Å². The zero-order valence-corrected chi connectivity index (χ0v) is 14.6. The first-order valence-electron chi connectivity index (χ1n) is 6.26. The molecule has 0 heterocycles. The Morgan fingerprint density at radius 3 is 2.52 bits per heavy atom. The molecule has 21 heavy (non-hydrogen) atoms. The van der Waals surface area contributed by atoms with E-state index >= 15 is 0 Å². The maximum absolute atomic E-state index is 12.3. The Labute approximate surface area is 134 Å². The number of hydrogen-bond donors (Lipinski definition) is 0. The summed E-state index contributed by atoms with van der Waals surface area (Å²) in [7, 11) is 0.609. The van der Waals surface area contributed by atoms with Gasteiger partial charge in [0.2, 0.25) is 0 Å². The predicted octanol–water partition coefficient (Wildman–Crippen LogP) is 1.62. The summed E-state index contributed by atoms with van der Waals surface area (Å²) in [4.78, 5) is 11.1. The number of nitrogens with zero attached hydrogens (tertiary/aromatic N) is 2. The van der Waals surface area contributed by atoms with Crippen molar-refractivity contribution in [2.75, 3.05) is 27.7 Å². The van der Waals surface area contributed by atoms with Gasteiger partial charge in [-0.3, -0.25) is 4.79 Å². The molecule has 0 aliphatic carbocycles. The molecule has 8 heteroatoms. The summed E-state index contributed by atoms with van der Waals surface area (Å²) < 4.78 is 32.4. The fraction of sp³-hybridized carbons (Fsp3) is 0.462. The number of hydrogen-bond acceptors (Lipinski definition) is 4. The van der Waals surface area contributed by atoms with Gasteiger partial charge >= 0.3 is 5.97 Å². The molecule has 0 bridgehead atoms. The Balaban J connectivity index is 2.70. The van der Waals surface area contributed by atoms with E-state index in [4.69, 9.17) is 0 Å². The van der Waals surface area contributed by atoms with Crippen LogP contribution >= 0.6 is 15.9 Å². The second-order valence-corrected chi connectivity index (χ2v) is 7.60. The van der Waals surface area contributed by atoms with Crippen molar-refractivity contribution in [3.63, 3.8) is 0 Å². The van der Waals surface area contributed by atoms with Crippen molar-refractivity contribution in [1.82, 2.24) is 8.61 Å². The van der Waals surface area contributed by atoms with Crippen LogP contribution in [0.4, 0.5) is 0 Å². The Hall–Kier alpha value is -0.960. The molecule has 0 saturated heterocycles. The number of carbonyl (C=O) groups is 1. The second kappa shape index (κ2) is 7.88. The lowest BCUT2D eigenvalue weighted by Gasteiger charge is -2.24. The minimum atomic E-state index is -3.61. The van der Waals surface area contributed by atoms with Gasteiger partial charge < -0.3 is 4.74 Å². The summed E-state index contributed by atoms with van der Waals surface area (Å²) in [6.07, 6.45) is 0.0248. The number of benzene rings is 1. The molecule has 6 nitrogen and oxygen atoms in total. The fourth-order valence-corrected chi connectivity index (χ4v) is 3.23. The minimum Gasteiger partial charge on any atom is -0.469 e. The van der Waals surface area contributed by atoms with Crippen LogP contribution in [-0.4, -0.2) is 50.7 Å². The minimum absolute atomic E-state index is 0.0248. The first kappa shape index (κ1) is 18.1. The van der Waals surface area contributed by atoms with Crippen molar-refractivity contribution in [3.05, 3.63) is 34.3 Å². The zero-order chi connectivity index (χ0) is 16.0. The molecule has 0 unspecified atom stereocenters. The fourth-order valence-electron chi connectivity index (χ4n) is 1.68. The number of ether oxygens (including phenoxy) is 1. The molecule has 1 rings (SSSR count). The second-order valence-electron chi connectivity index (χ2n) is 4.54. The van der Waals surface area contributed by atoms with Crippen LogP contribution in [0.25, 0.3) is 0 Å². The first-order chi connectivity index (χ1) is 9.77. The van der Waals surface area contributed by atoms with Crippen molar-refractivity contribution in [1.29, 1.82) is 0 Å². The van der Waals surface area contributed by atoms with E-state index in [-0.39, 0.29) is 19.5 Å². The van der Waals surface area contributed by atoms with Gasteiger partial charge in [0.25, 0.3) is 10.2 Å². The highest BCUT2D eigenvalue weighted by Gasteiger charge is 2.24. The van der Waals surface area contributed by atoms with Crippen LogP contribution < -0.4 is 0 Å². The van der Waals surface area contributed by atoms with Gasteiger partial charge in [-0.25, -0.2) is 0 Å². The largest absolute Gasteiger partial charge is 0.469 e. The van der Waals surface area contributed by atoms with E-state index in [9.17, 15) is 13.2 Å². The average Bonchev–Trinajstić information content (AvgIpc) is 2.44. The van der Waals surface area contributed by atoms with Crippen LogP contribution in [-0.2, 0) is 26.3 Å². The lowest BCUT2D eigenvalue weighted by Crippen LogP contribution is -2.40. The summed E-state index contributed by atoms with van der Waals surface area (Å²) in [6, 6.07) is 7.44. The van der Waals surface area contributed by atoms with Crippen molar-refractivity contribution < 1.29 is 17.9 Å². The first-order valence-corrected chi connectivity index (χ1v) is 8.45. The molecule has 0 aromatic heterocycles. The van der Waals surface area contributed by atoms with E-state index in [2.05, 4.69) is 20.7 Å². The van der Waals surface area contributed by atoms with Crippen molar-refractivity contribution in [2.45, 2.75) is 13.0 Å². The van der Waals surface area contributed by atoms with Gasteiger partial charge in [0, 0.05) is 31.7 Å². The quantitative estimate of drug-likeness (QED) is 0.676. The Morgan fingerprint density at radius 1 is 1.29 bits per heavy atom. The molecular formula is C13H19BrN2O4S. The number of halogens is 1. The van der Waals surface area contributed by atoms with E-state index in [1.807, 2.05) is 24.3 Å². The molecule has 0 fully saturated rings. The van der Waals surface area contributed by atoms with E-state index in [0.717, 1.165) is 14.3 Å². The van der Waals surface area contributed by atoms with Gasteiger partial charge in [-0.05, 0) is 17.7 Å². The number of carbonyl (C=O) groups excluding carboxylic acids is 1. The van der Waals surface area contributed by atoms with Gasteiger partial charge in [0.15, 0.2) is 0 Å². The van der Waals surface area contributed by atoms with Crippen LogP contribution in [0, 0.1) is 0 Å². The number of esters is 1. The van der Waals surface area contributed by atoms with Crippen molar-refractivity contribution in [2.24, 2.45) is 0 Å². The van der Waals surface area contributed by atoms with E-state index in [1.54, 1.807) is 0 Å². The molecular weight excluding hydrogens is 360 g/mol. The molecule has 0 spiro atoms. The van der Waals surface area contributed by atoms with E-state index in [0.29, 0.717) is 0 Å². The molecule has 0 aliphatic rings. The highest BCUT2D eigenvalue weighted by molar-refractivity contribution is 9.10. The summed E-state index contributed by atoms with van der Waals surface area (Å²) in [5.41, 5.74) is 0.872. The molecule has 118 valence electrons. The Kier molecular flexibility index (Phi) is 6.79. The van der Waals surface area contributed by atoms with Gasteiger partial charge in [0.1, 0.15) is 0 Å². The molecule has 1 aromatic rings. The van der Waals surface area contributed by atoms with Crippen LogP contribution in [0.2, 0.25) is 0 Å². The number of methoxy groups -OCH3 is 1. The summed E-state index contributed by atoms with van der Waals surface area (Å²) in [5.74, 6) is -0.438. The summed E-state index contributed by atoms with van der Waals surface area (Å²) in [6.45, 7) is 0.335. The standard InChI is InChI=1S/C13H19BrN2O4S/c1-15(8-7-13(17)20-3)21(18,19)16(2)10-11-5-4-6-12(14)9-11/h4-6,9H,7-8,10H2,1-3H3. The Morgan fingerprint density at radius 2 is 1.95 bits per heavy atom. The summed E-state index contributed by atoms with van der Waals surface area (Å²) >= 11 is 3.35. The third-order valence-corrected chi connectivity index (χ3v) is 5.32. The maximum atomic E-state index is 12.3. The van der Waals surface area contributed by atoms with Gasteiger partial charge in [-0.1, -0.05) is 28.1 Å². The Bertz CT molecular complexity index is 592. The molecule has 0 atom stereocenters. The molecule has 0 N–H and O–H groups in total. The lowest BCUT2D eigenvalue weighted by atomic mass is 10.2. The molecule has 0 radical (unpaired) electrons. The zero-order valence-electron chi connectivity index (χ0n) is 12.2. The SMILES string of the molecule is COC(=O)CCN(C)S(=O)(=O)N(C)Cc1cccc(Br)c1. The van der Waals surface area contributed by atoms with Crippen LogP contribution in [0.15, 0.2) is 28.7 Å². The predicted molar refractivity (Wildman–Crippen MR) is 83.8 cm³/mol. The van der Waals surface area contributed by atoms with Gasteiger partial charge in [-0.2, -0.15) is 17.0 Å². The highest BCUT2D eigenvalue weighted by Crippen LogP contribution is 2.15. The topological polar surface area (TPSA) is 66.9 Å². The third kappa shape index (κ3) is 5.39. The van der Waals surface area contributed by atoms with E-state index < -0.39 is 16.2 Å². The summed E-state index contributed by atoms with van der Waals surface area (Å²) in [5, 5.41) is 0. The van der Waals surface area contributed by atoms with Crippen molar-refractivity contribution in [3.8, 4) is 0 Å². The third-order valence-electron chi connectivity index (χ3n) is 2.94. The normalized spacial score (nSPS) is 11.9. The number of rotatable bonds is 7. The van der Waals surface area contributed by atoms with Crippen LogP contribution in [0.3, 0.4) is 0 Å². The monoisotopic (exact) mass is 378 g/mol. The van der Waals surface area contributed by atoms with Crippen LogP contribution in [0.5, 0.6) is 0 Å². The van der Waals surface area contributed by atoms with Gasteiger partial charge in [-0.15, -0.1) is 0 Å². The van der Waals surface area contributed by atoms with Crippen molar-refractivity contribution >= 4 is 32.1 Å². The molecule has 0 saturated carbocycles. The lowest BCUT2D eigenvalue weighted by molar-refractivity contribution is -0.140. The molecule has 0 amide bonds. The highest BCUT2D eigenvalue weighted by atomic mass is 79.9. The smallest absolute Gasteiger partial charge is 0.306 e. The average molecular weight is 379 g/mol. The molecule has 1 aromatic carbocycles. The molecule has 0 aliphatic heterocycles.